The summed E-state index contributed by atoms with van der Waals surface area (Å²) in [6, 6.07) is 0. The van der Waals surface area contributed by atoms with Gasteiger partial charge in [-0.25, -0.2) is 4.79 Å². The van der Waals surface area contributed by atoms with Crippen LogP contribution in [0.2, 0.25) is 0 Å². The lowest BCUT2D eigenvalue weighted by Crippen LogP contribution is -2.24. The number of hydrogen-bond acceptors (Lipinski definition) is 2. The molecule has 0 spiro atoms. The van der Waals surface area contributed by atoms with E-state index in [2.05, 4.69) is 13.5 Å². The standard InChI is InChI=1S/C13H22O2/c1-3-5-7-11-8-6-9-12(10-11)15-13(14)4-2/h4,11-12H,2-3,5-10H2,1H3. The van der Waals surface area contributed by atoms with Gasteiger partial charge >= 0.3 is 5.97 Å². The molecule has 0 heterocycles. The smallest absolute Gasteiger partial charge is 0.330 e. The van der Waals surface area contributed by atoms with E-state index in [1.165, 1.54) is 38.2 Å². The second kappa shape index (κ2) is 6.65. The number of carbonyl (C=O) groups excluding carboxylic acids is 1. The summed E-state index contributed by atoms with van der Waals surface area (Å²) in [6.07, 6.45) is 9.84. The van der Waals surface area contributed by atoms with Gasteiger partial charge in [-0.05, 0) is 25.2 Å². The molecule has 1 aliphatic rings. The fourth-order valence-corrected chi connectivity index (χ4v) is 2.32. The zero-order valence-electron chi connectivity index (χ0n) is 9.71. The topological polar surface area (TPSA) is 26.3 Å². The minimum atomic E-state index is -0.267. The first-order chi connectivity index (χ1) is 7.26. The first kappa shape index (κ1) is 12.3. The highest BCUT2D eigenvalue weighted by Crippen LogP contribution is 2.29. The molecule has 15 heavy (non-hydrogen) atoms. The van der Waals surface area contributed by atoms with Gasteiger partial charge in [-0.1, -0.05) is 39.2 Å². The molecule has 0 aromatic rings. The highest BCUT2D eigenvalue weighted by atomic mass is 16.5. The third-order valence-electron chi connectivity index (χ3n) is 3.15. The van der Waals surface area contributed by atoms with E-state index in [0.29, 0.717) is 0 Å². The minimum absolute atomic E-state index is 0.145. The van der Waals surface area contributed by atoms with Crippen LogP contribution in [-0.2, 0) is 9.53 Å². The van der Waals surface area contributed by atoms with E-state index >= 15 is 0 Å². The average molecular weight is 210 g/mol. The number of rotatable bonds is 5. The monoisotopic (exact) mass is 210 g/mol. The summed E-state index contributed by atoms with van der Waals surface area (Å²) in [5, 5.41) is 0. The van der Waals surface area contributed by atoms with Gasteiger partial charge in [-0.3, -0.25) is 0 Å². The summed E-state index contributed by atoms with van der Waals surface area (Å²) in [5.41, 5.74) is 0. The molecule has 2 nitrogen and oxygen atoms in total. The molecule has 2 heteroatoms. The van der Waals surface area contributed by atoms with Gasteiger partial charge in [0.05, 0.1) is 0 Å². The van der Waals surface area contributed by atoms with Crippen LogP contribution >= 0.6 is 0 Å². The Morgan fingerprint density at radius 2 is 2.33 bits per heavy atom. The molecule has 1 fully saturated rings. The second-order valence-electron chi connectivity index (χ2n) is 4.44. The number of unbranched alkanes of at least 4 members (excludes halogenated alkanes) is 1. The van der Waals surface area contributed by atoms with Crippen LogP contribution in [0.4, 0.5) is 0 Å². The molecule has 1 aliphatic carbocycles. The molecular weight excluding hydrogens is 188 g/mol. The van der Waals surface area contributed by atoms with Crippen molar-refractivity contribution in [3.05, 3.63) is 12.7 Å². The van der Waals surface area contributed by atoms with Crippen LogP contribution in [0, 0.1) is 5.92 Å². The molecule has 1 rings (SSSR count). The zero-order chi connectivity index (χ0) is 11.1. The average Bonchev–Trinajstić information content (AvgIpc) is 2.26. The van der Waals surface area contributed by atoms with Crippen LogP contribution in [-0.4, -0.2) is 12.1 Å². The summed E-state index contributed by atoms with van der Waals surface area (Å²) >= 11 is 0. The van der Waals surface area contributed by atoms with E-state index in [4.69, 9.17) is 4.74 Å². The van der Waals surface area contributed by atoms with Crippen LogP contribution in [0.5, 0.6) is 0 Å². The summed E-state index contributed by atoms with van der Waals surface area (Å²) in [7, 11) is 0. The number of hydrogen-bond donors (Lipinski definition) is 0. The molecule has 0 aliphatic heterocycles. The van der Waals surface area contributed by atoms with Crippen molar-refractivity contribution >= 4 is 5.97 Å². The molecular formula is C13H22O2. The normalized spacial score (nSPS) is 25.9. The SMILES string of the molecule is C=CC(=O)OC1CCCC(CCCC)C1. The molecule has 0 saturated heterocycles. The van der Waals surface area contributed by atoms with E-state index in [1.54, 1.807) is 0 Å². The van der Waals surface area contributed by atoms with E-state index in [1.807, 2.05) is 0 Å². The summed E-state index contributed by atoms with van der Waals surface area (Å²) in [6.45, 7) is 5.64. The fourth-order valence-electron chi connectivity index (χ4n) is 2.32. The van der Waals surface area contributed by atoms with Gasteiger partial charge in [0.2, 0.25) is 0 Å². The Bertz CT molecular complexity index is 211. The largest absolute Gasteiger partial charge is 0.459 e. The molecule has 0 amide bonds. The Kier molecular flexibility index (Phi) is 5.44. The van der Waals surface area contributed by atoms with Gasteiger partial charge in [0.25, 0.3) is 0 Å². The molecule has 0 radical (unpaired) electrons. The molecule has 0 bridgehead atoms. The summed E-state index contributed by atoms with van der Waals surface area (Å²) in [4.78, 5) is 11.1. The van der Waals surface area contributed by atoms with Gasteiger partial charge in [-0.15, -0.1) is 0 Å². The second-order valence-corrected chi connectivity index (χ2v) is 4.44. The van der Waals surface area contributed by atoms with Crippen molar-refractivity contribution in [2.75, 3.05) is 0 Å². The third-order valence-corrected chi connectivity index (χ3v) is 3.15. The van der Waals surface area contributed by atoms with E-state index in [9.17, 15) is 4.79 Å². The van der Waals surface area contributed by atoms with Gasteiger partial charge in [0.1, 0.15) is 6.10 Å². The minimum Gasteiger partial charge on any atom is -0.459 e. The van der Waals surface area contributed by atoms with Crippen LogP contribution in [0.1, 0.15) is 51.9 Å². The molecule has 0 aromatic heterocycles. The van der Waals surface area contributed by atoms with Crippen LogP contribution < -0.4 is 0 Å². The maximum Gasteiger partial charge on any atom is 0.330 e. The van der Waals surface area contributed by atoms with Crippen molar-refractivity contribution in [2.24, 2.45) is 5.92 Å². The van der Waals surface area contributed by atoms with E-state index in [0.717, 1.165) is 18.8 Å². The van der Waals surface area contributed by atoms with Crippen LogP contribution in [0.3, 0.4) is 0 Å². The van der Waals surface area contributed by atoms with E-state index < -0.39 is 0 Å². The van der Waals surface area contributed by atoms with Crippen LogP contribution in [0.15, 0.2) is 12.7 Å². The molecule has 86 valence electrons. The third kappa shape index (κ3) is 4.50. The maximum absolute atomic E-state index is 11.1. The van der Waals surface area contributed by atoms with E-state index in [-0.39, 0.29) is 12.1 Å². The summed E-state index contributed by atoms with van der Waals surface area (Å²) in [5.74, 6) is 0.498. The van der Waals surface area contributed by atoms with Crippen molar-refractivity contribution in [1.29, 1.82) is 0 Å². The lowest BCUT2D eigenvalue weighted by atomic mass is 9.84. The van der Waals surface area contributed by atoms with Crippen molar-refractivity contribution in [3.63, 3.8) is 0 Å². The number of esters is 1. The first-order valence-electron chi connectivity index (χ1n) is 6.09. The quantitative estimate of drug-likeness (QED) is 0.513. The van der Waals surface area contributed by atoms with Gasteiger partial charge in [-0.2, -0.15) is 0 Å². The molecule has 0 aromatic carbocycles. The Hall–Kier alpha value is -0.790. The van der Waals surface area contributed by atoms with Gasteiger partial charge < -0.3 is 4.74 Å². The molecule has 1 saturated carbocycles. The molecule has 0 N–H and O–H groups in total. The van der Waals surface area contributed by atoms with Crippen molar-refractivity contribution in [3.8, 4) is 0 Å². The number of ether oxygens (including phenoxy) is 1. The fraction of sp³-hybridized carbons (Fsp3) is 0.769. The highest BCUT2D eigenvalue weighted by Gasteiger charge is 2.23. The first-order valence-corrected chi connectivity index (χ1v) is 6.09. The van der Waals surface area contributed by atoms with Crippen molar-refractivity contribution in [2.45, 2.75) is 58.0 Å². The van der Waals surface area contributed by atoms with Crippen molar-refractivity contribution < 1.29 is 9.53 Å². The predicted octanol–water partition coefficient (Wildman–Crippen LogP) is 3.46. The number of carbonyl (C=O) groups is 1. The predicted molar refractivity (Wildman–Crippen MR) is 61.6 cm³/mol. The lowest BCUT2D eigenvalue weighted by Gasteiger charge is -2.28. The Morgan fingerprint density at radius 1 is 1.53 bits per heavy atom. The maximum atomic E-state index is 11.1. The van der Waals surface area contributed by atoms with Gasteiger partial charge in [0, 0.05) is 6.08 Å². The Balaban J connectivity index is 2.28. The van der Waals surface area contributed by atoms with Crippen LogP contribution in [0.25, 0.3) is 0 Å². The Labute approximate surface area is 92.7 Å². The van der Waals surface area contributed by atoms with Crippen molar-refractivity contribution in [1.82, 2.24) is 0 Å². The van der Waals surface area contributed by atoms with Gasteiger partial charge in [0.15, 0.2) is 0 Å². The molecule has 2 unspecified atom stereocenters. The molecule has 2 atom stereocenters. The zero-order valence-corrected chi connectivity index (χ0v) is 9.71. The lowest BCUT2D eigenvalue weighted by molar-refractivity contribution is -0.145. The Morgan fingerprint density at radius 3 is 3.00 bits per heavy atom. The highest BCUT2D eigenvalue weighted by molar-refractivity contribution is 5.81. The summed E-state index contributed by atoms with van der Waals surface area (Å²) < 4.78 is 5.29.